The molecule has 1 heterocycles. The van der Waals surface area contributed by atoms with Crippen LogP contribution in [0.2, 0.25) is 0 Å². The Kier molecular flexibility index (Phi) is 3.02. The van der Waals surface area contributed by atoms with Gasteiger partial charge in [0.25, 0.3) is 0 Å². The van der Waals surface area contributed by atoms with Crippen molar-refractivity contribution in [1.29, 1.82) is 0 Å². The fraction of sp³-hybridized carbons (Fsp3) is 0.438. The van der Waals surface area contributed by atoms with E-state index < -0.39 is 41.1 Å². The number of carboxylic acid groups (broad SMARTS) is 2. The Morgan fingerprint density at radius 3 is 2.27 bits per heavy atom. The Hall–Kier alpha value is -2.37. The number of hydrogen-bond acceptors (Lipinski definition) is 3. The molecule has 0 radical (unpaired) electrons. The number of rotatable bonds is 3. The van der Waals surface area contributed by atoms with Crippen LogP contribution < -0.4 is 4.90 Å². The number of nitrogens with zero attached hydrogens (tertiary/aromatic N) is 1. The monoisotopic (exact) mass is 303 g/mol. The summed E-state index contributed by atoms with van der Waals surface area (Å²) in [5, 5.41) is 18.6. The highest BCUT2D eigenvalue weighted by molar-refractivity contribution is 6.06. The third-order valence-corrected chi connectivity index (χ3v) is 4.86. The number of aliphatic carboxylic acids is 2. The molecule has 2 N–H and O–H groups in total. The van der Waals surface area contributed by atoms with E-state index in [2.05, 4.69) is 0 Å². The molecule has 2 aliphatic rings. The molecule has 1 aliphatic heterocycles. The van der Waals surface area contributed by atoms with Gasteiger partial charge in [-0.25, -0.2) is 4.79 Å². The smallest absolute Gasteiger partial charge is 0.327 e. The van der Waals surface area contributed by atoms with Gasteiger partial charge in [0.05, 0.1) is 11.8 Å². The third-order valence-electron chi connectivity index (χ3n) is 4.86. The first-order chi connectivity index (χ1) is 10.3. The summed E-state index contributed by atoms with van der Waals surface area (Å²) in [5.74, 6) is -3.94. The molecule has 1 amide bonds. The highest BCUT2D eigenvalue weighted by atomic mass is 16.4. The van der Waals surface area contributed by atoms with Gasteiger partial charge in [0.2, 0.25) is 5.91 Å². The predicted octanol–water partition coefficient (Wildman–Crippen LogP) is 1.39. The molecule has 0 spiro atoms. The first kappa shape index (κ1) is 14.6. The van der Waals surface area contributed by atoms with Crippen LogP contribution in [-0.2, 0) is 20.8 Å². The Bertz CT molecular complexity index is 681. The minimum Gasteiger partial charge on any atom is -0.481 e. The van der Waals surface area contributed by atoms with Gasteiger partial charge in [0, 0.05) is 12.1 Å². The maximum Gasteiger partial charge on any atom is 0.327 e. The molecule has 3 unspecified atom stereocenters. The first-order valence-corrected chi connectivity index (χ1v) is 7.13. The minimum absolute atomic E-state index is 0.252. The molecule has 1 aromatic rings. The van der Waals surface area contributed by atoms with Gasteiger partial charge in [0.15, 0.2) is 0 Å². The van der Waals surface area contributed by atoms with E-state index in [0.717, 1.165) is 5.56 Å². The lowest BCUT2D eigenvalue weighted by Gasteiger charge is -2.23. The molecule has 1 fully saturated rings. The quantitative estimate of drug-likeness (QED) is 0.879. The van der Waals surface area contributed by atoms with Crippen molar-refractivity contribution in [1.82, 2.24) is 0 Å². The summed E-state index contributed by atoms with van der Waals surface area (Å²) in [6, 6.07) is 6.09. The second-order valence-corrected chi connectivity index (χ2v) is 6.51. The van der Waals surface area contributed by atoms with Crippen LogP contribution in [0.4, 0.5) is 5.69 Å². The fourth-order valence-corrected chi connectivity index (χ4v) is 3.57. The van der Waals surface area contributed by atoms with Crippen LogP contribution in [0.15, 0.2) is 24.3 Å². The molecule has 0 bridgehead atoms. The zero-order chi connectivity index (χ0) is 16.2. The van der Waals surface area contributed by atoms with Crippen molar-refractivity contribution in [3.8, 4) is 0 Å². The van der Waals surface area contributed by atoms with E-state index in [9.17, 15) is 24.6 Å². The number of anilines is 1. The van der Waals surface area contributed by atoms with Crippen molar-refractivity contribution in [2.75, 3.05) is 4.90 Å². The van der Waals surface area contributed by atoms with Crippen molar-refractivity contribution in [3.63, 3.8) is 0 Å². The second-order valence-electron chi connectivity index (χ2n) is 6.51. The van der Waals surface area contributed by atoms with Gasteiger partial charge in [-0.05, 0) is 17.0 Å². The third kappa shape index (κ3) is 1.90. The summed E-state index contributed by atoms with van der Waals surface area (Å²) in [7, 11) is 0. The lowest BCUT2D eigenvalue weighted by molar-refractivity contribution is -0.140. The number of amides is 1. The second kappa shape index (κ2) is 4.56. The predicted molar refractivity (Wildman–Crippen MR) is 77.5 cm³/mol. The molecule has 1 aliphatic carbocycles. The van der Waals surface area contributed by atoms with Gasteiger partial charge in [-0.1, -0.05) is 32.0 Å². The highest BCUT2D eigenvalue weighted by Gasteiger charge is 2.67. The standard InChI is InChI=1S/C16H17NO5/c1-16(2)11(12(16)15(21)22)13(18)17-9-6-4-3-5-8(9)7-10(17)14(19)20/h3-6,10-12H,7H2,1-2H3,(H,19,20)(H,21,22). The van der Waals surface area contributed by atoms with Crippen LogP contribution >= 0.6 is 0 Å². The van der Waals surface area contributed by atoms with Gasteiger partial charge in [0.1, 0.15) is 6.04 Å². The number of carbonyl (C=O) groups is 3. The van der Waals surface area contributed by atoms with Crippen molar-refractivity contribution in [3.05, 3.63) is 29.8 Å². The van der Waals surface area contributed by atoms with Gasteiger partial charge < -0.3 is 10.2 Å². The van der Waals surface area contributed by atoms with Crippen molar-refractivity contribution in [2.24, 2.45) is 17.3 Å². The molecule has 22 heavy (non-hydrogen) atoms. The van der Waals surface area contributed by atoms with Gasteiger partial charge in [-0.2, -0.15) is 0 Å². The molecule has 1 saturated carbocycles. The topological polar surface area (TPSA) is 94.9 Å². The maximum atomic E-state index is 12.8. The normalized spacial score (nSPS) is 28.1. The molecule has 3 rings (SSSR count). The average molecular weight is 303 g/mol. The Labute approximate surface area is 127 Å². The lowest BCUT2D eigenvalue weighted by atomic mass is 10.1. The number of carbonyl (C=O) groups excluding carboxylic acids is 1. The molecule has 0 aromatic heterocycles. The van der Waals surface area contributed by atoms with Crippen molar-refractivity contribution in [2.45, 2.75) is 26.3 Å². The average Bonchev–Trinajstić information content (AvgIpc) is 2.84. The Morgan fingerprint density at radius 2 is 1.73 bits per heavy atom. The van der Waals surface area contributed by atoms with E-state index in [1.807, 2.05) is 0 Å². The molecular weight excluding hydrogens is 286 g/mol. The van der Waals surface area contributed by atoms with E-state index in [1.54, 1.807) is 38.1 Å². The van der Waals surface area contributed by atoms with Crippen LogP contribution in [0.1, 0.15) is 19.4 Å². The summed E-state index contributed by atoms with van der Waals surface area (Å²) < 4.78 is 0. The molecule has 0 saturated heterocycles. The highest BCUT2D eigenvalue weighted by Crippen LogP contribution is 2.59. The van der Waals surface area contributed by atoms with E-state index >= 15 is 0 Å². The van der Waals surface area contributed by atoms with E-state index in [1.165, 1.54) is 4.90 Å². The molecule has 116 valence electrons. The summed E-state index contributed by atoms with van der Waals surface area (Å²) >= 11 is 0. The number of hydrogen-bond donors (Lipinski definition) is 2. The molecule has 1 aromatic carbocycles. The summed E-state index contributed by atoms with van der Waals surface area (Å²) in [6.45, 7) is 3.46. The van der Waals surface area contributed by atoms with Crippen molar-refractivity contribution < 1.29 is 24.6 Å². The summed E-state index contributed by atoms with van der Waals surface area (Å²) in [4.78, 5) is 36.9. The SMILES string of the molecule is CC1(C)C(C(=O)O)C1C(=O)N1c2ccccc2CC1C(=O)O. The van der Waals surface area contributed by atoms with E-state index in [0.29, 0.717) is 5.69 Å². The molecular formula is C16H17NO5. The Balaban J connectivity index is 1.97. The lowest BCUT2D eigenvalue weighted by Crippen LogP contribution is -2.44. The van der Waals surface area contributed by atoms with E-state index in [-0.39, 0.29) is 6.42 Å². The number of carboxylic acids is 2. The van der Waals surface area contributed by atoms with Crippen molar-refractivity contribution >= 4 is 23.5 Å². The van der Waals surface area contributed by atoms with Gasteiger partial charge in [-0.15, -0.1) is 0 Å². The largest absolute Gasteiger partial charge is 0.481 e. The zero-order valence-corrected chi connectivity index (χ0v) is 12.3. The van der Waals surface area contributed by atoms with Crippen LogP contribution in [0, 0.1) is 17.3 Å². The summed E-state index contributed by atoms with van der Waals surface area (Å²) in [6.07, 6.45) is 0.252. The van der Waals surface area contributed by atoms with Crippen LogP contribution in [-0.4, -0.2) is 34.1 Å². The Morgan fingerprint density at radius 1 is 1.09 bits per heavy atom. The number of fused-ring (bicyclic) bond motifs is 1. The fourth-order valence-electron chi connectivity index (χ4n) is 3.57. The number of benzene rings is 1. The zero-order valence-electron chi connectivity index (χ0n) is 12.3. The van der Waals surface area contributed by atoms with Crippen LogP contribution in [0.25, 0.3) is 0 Å². The summed E-state index contributed by atoms with van der Waals surface area (Å²) in [5.41, 5.74) is 0.726. The van der Waals surface area contributed by atoms with Gasteiger partial charge in [-0.3, -0.25) is 14.5 Å². The van der Waals surface area contributed by atoms with Crippen LogP contribution in [0.5, 0.6) is 0 Å². The number of para-hydroxylation sites is 1. The molecule has 6 nitrogen and oxygen atoms in total. The van der Waals surface area contributed by atoms with Crippen LogP contribution in [0.3, 0.4) is 0 Å². The van der Waals surface area contributed by atoms with Gasteiger partial charge >= 0.3 is 11.9 Å². The maximum absolute atomic E-state index is 12.8. The van der Waals surface area contributed by atoms with E-state index in [4.69, 9.17) is 0 Å². The first-order valence-electron chi connectivity index (χ1n) is 7.13. The minimum atomic E-state index is -1.07. The molecule has 3 atom stereocenters. The molecule has 6 heteroatoms.